The number of hydrogen-bond donors (Lipinski definition) is 1. The minimum atomic E-state index is 0.226. The third kappa shape index (κ3) is 22.7. The van der Waals surface area contributed by atoms with Gasteiger partial charge >= 0.3 is 0 Å². The van der Waals surface area contributed by atoms with Crippen LogP contribution in [0.3, 0.4) is 0 Å². The van der Waals surface area contributed by atoms with E-state index >= 15 is 0 Å². The van der Waals surface area contributed by atoms with E-state index in [0.717, 1.165) is 0 Å². The van der Waals surface area contributed by atoms with Crippen molar-refractivity contribution in [1.82, 2.24) is 0 Å². The van der Waals surface area contributed by atoms with Crippen LogP contribution in [0.4, 0.5) is 0 Å². The van der Waals surface area contributed by atoms with Crippen molar-refractivity contribution in [3.8, 4) is 0 Å². The molecule has 0 aliphatic heterocycles. The second-order valence-electron chi connectivity index (χ2n) is 2.87. The quantitative estimate of drug-likeness (QED) is 0.642. The van der Waals surface area contributed by atoms with Crippen molar-refractivity contribution in [2.75, 3.05) is 6.61 Å². The van der Waals surface area contributed by atoms with Crippen LogP contribution in [0.5, 0.6) is 0 Å². The van der Waals surface area contributed by atoms with E-state index in [0.29, 0.717) is 6.42 Å². The first-order valence-corrected chi connectivity index (χ1v) is 4.54. The van der Waals surface area contributed by atoms with Crippen LogP contribution in [0.15, 0.2) is 24.3 Å². The molecule has 72 valence electrons. The highest BCUT2D eigenvalue weighted by Crippen LogP contribution is 1.94. The third-order valence-corrected chi connectivity index (χ3v) is 1.17. The van der Waals surface area contributed by atoms with Gasteiger partial charge in [-0.25, -0.2) is 0 Å². The number of aliphatic hydroxyl groups excluding tert-OH is 1. The summed E-state index contributed by atoms with van der Waals surface area (Å²) in [4.78, 5) is 0. The van der Waals surface area contributed by atoms with Crippen molar-refractivity contribution in [1.29, 1.82) is 0 Å². The molecule has 0 fully saturated rings. The van der Waals surface area contributed by atoms with Crippen LogP contribution in [-0.4, -0.2) is 11.7 Å². The maximum absolute atomic E-state index is 8.00. The summed E-state index contributed by atoms with van der Waals surface area (Å²) in [7, 11) is 0. The van der Waals surface area contributed by atoms with Crippen molar-refractivity contribution in [2.24, 2.45) is 0 Å². The Morgan fingerprint density at radius 2 is 1.92 bits per heavy atom. The lowest BCUT2D eigenvalue weighted by Gasteiger charge is -1.85. The van der Waals surface area contributed by atoms with E-state index in [1.807, 2.05) is 0 Å². The van der Waals surface area contributed by atoms with E-state index in [2.05, 4.69) is 33.4 Å². The first-order valence-electron chi connectivity index (χ1n) is 4.54. The molecule has 0 aliphatic rings. The second kappa shape index (κ2) is 13.1. The molecule has 1 nitrogen and oxygen atoms in total. The summed E-state index contributed by atoms with van der Waals surface area (Å²) in [6.07, 6.45) is 7.16. The molecule has 0 amide bonds. The molecular formula is C11H22O. The van der Waals surface area contributed by atoms with Gasteiger partial charge in [-0.2, -0.15) is 0 Å². The molecule has 0 unspecified atom stereocenters. The topological polar surface area (TPSA) is 20.2 Å². The van der Waals surface area contributed by atoms with Crippen LogP contribution in [-0.2, 0) is 0 Å². The summed E-state index contributed by atoms with van der Waals surface area (Å²) in [5.74, 6) is 0. The highest BCUT2D eigenvalue weighted by atomic mass is 16.2. The predicted octanol–water partition coefficient (Wildman–Crippen LogP) is 3.31. The molecule has 0 aliphatic carbocycles. The Kier molecular flexibility index (Phi) is 15.2. The zero-order chi connectivity index (χ0) is 9.82. The van der Waals surface area contributed by atoms with Gasteiger partial charge in [-0.15, -0.1) is 6.58 Å². The fraction of sp³-hybridized carbons (Fsp3) is 0.636. The molecule has 0 spiro atoms. The maximum atomic E-state index is 8.00. The lowest BCUT2D eigenvalue weighted by molar-refractivity contribution is 0.303. The van der Waals surface area contributed by atoms with Crippen LogP contribution in [0, 0.1) is 0 Å². The van der Waals surface area contributed by atoms with Crippen molar-refractivity contribution in [3.05, 3.63) is 24.3 Å². The molecule has 0 bridgehead atoms. The Labute approximate surface area is 76.8 Å². The maximum Gasteiger partial charge on any atom is 0.0465 e. The Balaban J connectivity index is 0. The molecule has 1 heteroatoms. The number of hydrogen-bond acceptors (Lipinski definition) is 1. The number of rotatable bonds is 4. The average Bonchev–Trinajstić information content (AvgIpc) is 2.03. The fourth-order valence-corrected chi connectivity index (χ4v) is 0.524. The van der Waals surface area contributed by atoms with Gasteiger partial charge in [-0.1, -0.05) is 31.1 Å². The van der Waals surface area contributed by atoms with Gasteiger partial charge in [0, 0.05) is 6.61 Å². The van der Waals surface area contributed by atoms with Crippen molar-refractivity contribution in [3.63, 3.8) is 0 Å². The third-order valence-electron chi connectivity index (χ3n) is 1.17. The average molecular weight is 170 g/mol. The summed E-state index contributed by atoms with van der Waals surface area (Å²) in [6, 6.07) is 0. The summed E-state index contributed by atoms with van der Waals surface area (Å²) in [5.41, 5.74) is 1.43. The monoisotopic (exact) mass is 170 g/mol. The predicted molar refractivity (Wildman–Crippen MR) is 56.2 cm³/mol. The van der Waals surface area contributed by atoms with Crippen LogP contribution < -0.4 is 0 Å². The molecule has 12 heavy (non-hydrogen) atoms. The normalized spacial score (nSPS) is 8.00. The molecule has 0 heterocycles. The molecule has 1 N–H and O–H groups in total. The van der Waals surface area contributed by atoms with Crippen molar-refractivity contribution >= 4 is 0 Å². The molecule has 0 atom stereocenters. The molecule has 0 saturated heterocycles. The standard InChI is InChI=1S/C7H14.C4H8O/c1-4-5-6-7(2)3;1-2-3-4-5/h6H,4-5H2,1-3H3;2,5H,1,3-4H2. The molecule has 0 aromatic rings. The van der Waals surface area contributed by atoms with Crippen LogP contribution in [0.25, 0.3) is 0 Å². The molecule has 0 aromatic heterocycles. The van der Waals surface area contributed by atoms with E-state index in [-0.39, 0.29) is 6.61 Å². The van der Waals surface area contributed by atoms with E-state index in [9.17, 15) is 0 Å². The minimum absolute atomic E-state index is 0.226. The van der Waals surface area contributed by atoms with E-state index in [1.165, 1.54) is 18.4 Å². The second-order valence-corrected chi connectivity index (χ2v) is 2.87. The molecule has 0 aromatic carbocycles. The lowest BCUT2D eigenvalue weighted by atomic mass is 10.2. The zero-order valence-corrected chi connectivity index (χ0v) is 8.64. The highest BCUT2D eigenvalue weighted by Gasteiger charge is 1.73. The van der Waals surface area contributed by atoms with Crippen LogP contribution in [0.2, 0.25) is 0 Å². The van der Waals surface area contributed by atoms with E-state index < -0.39 is 0 Å². The number of allylic oxidation sites excluding steroid dienone is 2. The largest absolute Gasteiger partial charge is 0.396 e. The van der Waals surface area contributed by atoms with Gasteiger partial charge in [0.25, 0.3) is 0 Å². The van der Waals surface area contributed by atoms with Gasteiger partial charge in [0.1, 0.15) is 0 Å². The molecule has 0 radical (unpaired) electrons. The summed E-state index contributed by atoms with van der Waals surface area (Å²) >= 11 is 0. The Morgan fingerprint density at radius 3 is 2.00 bits per heavy atom. The Morgan fingerprint density at radius 1 is 1.33 bits per heavy atom. The number of unbranched alkanes of at least 4 members (excludes halogenated alkanes) is 1. The van der Waals surface area contributed by atoms with Crippen LogP contribution >= 0.6 is 0 Å². The van der Waals surface area contributed by atoms with Gasteiger partial charge in [-0.05, 0) is 26.7 Å². The van der Waals surface area contributed by atoms with Gasteiger partial charge in [0.15, 0.2) is 0 Å². The Bertz CT molecular complexity index is 110. The lowest BCUT2D eigenvalue weighted by Crippen LogP contribution is -1.71. The number of aliphatic hydroxyl groups is 1. The zero-order valence-electron chi connectivity index (χ0n) is 8.64. The molecule has 0 saturated carbocycles. The first kappa shape index (κ1) is 14.0. The van der Waals surface area contributed by atoms with Crippen molar-refractivity contribution < 1.29 is 5.11 Å². The van der Waals surface area contributed by atoms with Crippen molar-refractivity contribution in [2.45, 2.75) is 40.0 Å². The van der Waals surface area contributed by atoms with Gasteiger partial charge < -0.3 is 5.11 Å². The fourth-order valence-electron chi connectivity index (χ4n) is 0.524. The smallest absolute Gasteiger partial charge is 0.0465 e. The van der Waals surface area contributed by atoms with Crippen LogP contribution in [0.1, 0.15) is 40.0 Å². The summed E-state index contributed by atoms with van der Waals surface area (Å²) in [6.45, 7) is 10.1. The van der Waals surface area contributed by atoms with Gasteiger partial charge in [-0.3, -0.25) is 0 Å². The van der Waals surface area contributed by atoms with E-state index in [1.54, 1.807) is 6.08 Å². The molecule has 0 rings (SSSR count). The summed E-state index contributed by atoms with van der Waals surface area (Å²) in [5, 5.41) is 8.00. The van der Waals surface area contributed by atoms with E-state index in [4.69, 9.17) is 5.11 Å². The van der Waals surface area contributed by atoms with Gasteiger partial charge in [0.05, 0.1) is 0 Å². The molecular weight excluding hydrogens is 148 g/mol. The summed E-state index contributed by atoms with van der Waals surface area (Å²) < 4.78 is 0. The SMILES string of the molecule is C=CCCO.CCCC=C(C)C. The minimum Gasteiger partial charge on any atom is -0.396 e. The first-order chi connectivity index (χ1) is 5.68. The highest BCUT2D eigenvalue weighted by molar-refractivity contribution is 4.92. The van der Waals surface area contributed by atoms with Gasteiger partial charge in [0.2, 0.25) is 0 Å². The Hall–Kier alpha value is -0.560.